The molecule has 8 nitrogen and oxygen atoms in total. The molecule has 0 spiro atoms. The summed E-state index contributed by atoms with van der Waals surface area (Å²) < 4.78 is 5.54. The second-order valence-electron chi connectivity index (χ2n) is 4.74. The molecule has 0 aromatic heterocycles. The minimum atomic E-state index is -1.32. The van der Waals surface area contributed by atoms with Gasteiger partial charge >= 0.3 is 12.0 Å². The van der Waals surface area contributed by atoms with Crippen LogP contribution in [0.3, 0.4) is 0 Å². The van der Waals surface area contributed by atoms with Crippen LogP contribution in [0.4, 0.5) is 4.79 Å². The first-order valence-corrected chi connectivity index (χ1v) is 6.66. The van der Waals surface area contributed by atoms with Crippen molar-refractivity contribution in [2.45, 2.75) is 44.2 Å². The SMILES string of the molecule is NC(=O)CC(NC(=O)NCCOC1CCCC1)C(=O)O. The lowest BCUT2D eigenvalue weighted by Crippen LogP contribution is -2.48. The van der Waals surface area contributed by atoms with Gasteiger partial charge in [0, 0.05) is 6.54 Å². The highest BCUT2D eigenvalue weighted by Crippen LogP contribution is 2.20. The van der Waals surface area contributed by atoms with Gasteiger partial charge in [-0.3, -0.25) is 4.79 Å². The van der Waals surface area contributed by atoms with Crippen molar-refractivity contribution in [1.82, 2.24) is 10.6 Å². The molecular formula is C12H21N3O5. The van der Waals surface area contributed by atoms with Crippen LogP contribution in [-0.4, -0.2) is 48.3 Å². The fourth-order valence-corrected chi connectivity index (χ4v) is 2.06. The number of nitrogens with two attached hydrogens (primary N) is 1. The third-order valence-electron chi connectivity index (χ3n) is 3.05. The van der Waals surface area contributed by atoms with E-state index >= 15 is 0 Å². The van der Waals surface area contributed by atoms with Crippen LogP contribution in [0, 0.1) is 0 Å². The van der Waals surface area contributed by atoms with Crippen LogP contribution in [0.1, 0.15) is 32.1 Å². The van der Waals surface area contributed by atoms with Crippen LogP contribution in [0.25, 0.3) is 0 Å². The molecule has 1 rings (SSSR count). The summed E-state index contributed by atoms with van der Waals surface area (Å²) in [7, 11) is 0. The van der Waals surface area contributed by atoms with Gasteiger partial charge in [-0.2, -0.15) is 0 Å². The van der Waals surface area contributed by atoms with E-state index in [4.69, 9.17) is 15.6 Å². The fraction of sp³-hybridized carbons (Fsp3) is 0.750. The van der Waals surface area contributed by atoms with E-state index in [0.29, 0.717) is 6.61 Å². The summed E-state index contributed by atoms with van der Waals surface area (Å²) >= 11 is 0. The number of urea groups is 1. The van der Waals surface area contributed by atoms with E-state index in [9.17, 15) is 14.4 Å². The Bertz CT molecular complexity index is 355. The summed E-state index contributed by atoms with van der Waals surface area (Å²) in [5.41, 5.74) is 4.90. The molecule has 0 heterocycles. The lowest BCUT2D eigenvalue weighted by molar-refractivity contribution is -0.140. The van der Waals surface area contributed by atoms with Crippen LogP contribution in [-0.2, 0) is 14.3 Å². The van der Waals surface area contributed by atoms with Crippen molar-refractivity contribution in [2.24, 2.45) is 5.73 Å². The van der Waals surface area contributed by atoms with Gasteiger partial charge in [-0.1, -0.05) is 12.8 Å². The Morgan fingerprint density at radius 1 is 1.30 bits per heavy atom. The average Bonchev–Trinajstić information content (AvgIpc) is 2.86. The third kappa shape index (κ3) is 6.37. The van der Waals surface area contributed by atoms with Crippen LogP contribution < -0.4 is 16.4 Å². The molecule has 0 aromatic carbocycles. The Kier molecular flexibility index (Phi) is 6.78. The maximum Gasteiger partial charge on any atom is 0.326 e. The van der Waals surface area contributed by atoms with Gasteiger partial charge in [-0.15, -0.1) is 0 Å². The molecule has 1 saturated carbocycles. The van der Waals surface area contributed by atoms with Gasteiger partial charge in [-0.05, 0) is 12.8 Å². The molecule has 0 bridgehead atoms. The van der Waals surface area contributed by atoms with Gasteiger partial charge in [0.25, 0.3) is 0 Å². The second kappa shape index (κ2) is 8.36. The van der Waals surface area contributed by atoms with Crippen molar-refractivity contribution in [2.75, 3.05) is 13.2 Å². The highest BCUT2D eigenvalue weighted by Gasteiger charge is 2.22. The second-order valence-corrected chi connectivity index (χ2v) is 4.74. The highest BCUT2D eigenvalue weighted by molar-refractivity contribution is 5.87. The molecule has 0 aromatic rings. The summed E-state index contributed by atoms with van der Waals surface area (Å²) in [4.78, 5) is 32.9. The number of hydrogen-bond donors (Lipinski definition) is 4. The number of carboxylic acid groups (broad SMARTS) is 1. The summed E-state index contributed by atoms with van der Waals surface area (Å²) in [6.45, 7) is 0.664. The van der Waals surface area contributed by atoms with Crippen LogP contribution in [0.5, 0.6) is 0 Å². The molecule has 114 valence electrons. The molecular weight excluding hydrogens is 266 g/mol. The summed E-state index contributed by atoms with van der Waals surface area (Å²) in [6.07, 6.45) is 4.26. The summed E-state index contributed by atoms with van der Waals surface area (Å²) in [5, 5.41) is 13.5. The van der Waals surface area contributed by atoms with E-state index in [1.54, 1.807) is 0 Å². The molecule has 8 heteroatoms. The number of hydrogen-bond acceptors (Lipinski definition) is 4. The maximum absolute atomic E-state index is 11.4. The van der Waals surface area contributed by atoms with Crippen molar-refractivity contribution < 1.29 is 24.2 Å². The van der Waals surface area contributed by atoms with Crippen molar-refractivity contribution in [3.8, 4) is 0 Å². The smallest absolute Gasteiger partial charge is 0.326 e. The number of aliphatic carboxylic acids is 1. The number of carboxylic acids is 1. The Morgan fingerprint density at radius 2 is 1.95 bits per heavy atom. The van der Waals surface area contributed by atoms with E-state index in [2.05, 4.69) is 10.6 Å². The van der Waals surface area contributed by atoms with Crippen molar-refractivity contribution >= 4 is 17.9 Å². The van der Waals surface area contributed by atoms with E-state index in [-0.39, 0.29) is 12.6 Å². The first kappa shape index (κ1) is 16.2. The largest absolute Gasteiger partial charge is 0.480 e. The van der Waals surface area contributed by atoms with E-state index < -0.39 is 30.4 Å². The molecule has 1 aliphatic rings. The third-order valence-corrected chi connectivity index (χ3v) is 3.05. The van der Waals surface area contributed by atoms with Gasteiger partial charge in [0.2, 0.25) is 5.91 Å². The van der Waals surface area contributed by atoms with Gasteiger partial charge in [0.1, 0.15) is 6.04 Å². The van der Waals surface area contributed by atoms with Crippen LogP contribution >= 0.6 is 0 Å². The van der Waals surface area contributed by atoms with Crippen LogP contribution in [0.15, 0.2) is 0 Å². The monoisotopic (exact) mass is 287 g/mol. The fourth-order valence-electron chi connectivity index (χ4n) is 2.06. The molecule has 1 atom stereocenters. The lowest BCUT2D eigenvalue weighted by Gasteiger charge is -2.15. The van der Waals surface area contributed by atoms with E-state index in [1.165, 1.54) is 12.8 Å². The molecule has 5 N–H and O–H groups in total. The van der Waals surface area contributed by atoms with E-state index in [1.807, 2.05) is 0 Å². The van der Waals surface area contributed by atoms with Crippen LogP contribution in [0.2, 0.25) is 0 Å². The number of carbonyl (C=O) groups is 3. The van der Waals surface area contributed by atoms with Gasteiger partial charge < -0.3 is 26.2 Å². The number of amides is 3. The molecule has 0 saturated heterocycles. The molecule has 1 fully saturated rings. The standard InChI is InChI=1S/C12H21N3O5/c13-10(16)7-9(11(17)18)15-12(19)14-5-6-20-8-3-1-2-4-8/h8-9H,1-7H2,(H2,13,16)(H,17,18)(H2,14,15,19). The lowest BCUT2D eigenvalue weighted by atomic mass is 10.2. The number of nitrogens with one attached hydrogen (secondary N) is 2. The number of ether oxygens (including phenoxy) is 1. The van der Waals surface area contributed by atoms with Gasteiger partial charge in [-0.25, -0.2) is 9.59 Å². The minimum absolute atomic E-state index is 0.265. The zero-order valence-electron chi connectivity index (χ0n) is 11.3. The molecule has 0 aliphatic heterocycles. The predicted molar refractivity (Wildman–Crippen MR) is 70.0 cm³/mol. The number of carbonyl (C=O) groups excluding carboxylic acids is 2. The molecule has 0 radical (unpaired) electrons. The summed E-state index contributed by atoms with van der Waals surface area (Å²) in [5.74, 6) is -2.09. The topological polar surface area (TPSA) is 131 Å². The zero-order chi connectivity index (χ0) is 15.0. The first-order chi connectivity index (χ1) is 9.49. The van der Waals surface area contributed by atoms with Gasteiger partial charge in [0.15, 0.2) is 0 Å². The maximum atomic E-state index is 11.4. The Hall–Kier alpha value is -1.83. The average molecular weight is 287 g/mol. The number of primary amides is 1. The van der Waals surface area contributed by atoms with Crippen molar-refractivity contribution in [1.29, 1.82) is 0 Å². The minimum Gasteiger partial charge on any atom is -0.480 e. The molecule has 1 unspecified atom stereocenters. The zero-order valence-corrected chi connectivity index (χ0v) is 11.3. The molecule has 20 heavy (non-hydrogen) atoms. The molecule has 3 amide bonds. The quantitative estimate of drug-likeness (QED) is 0.450. The highest BCUT2D eigenvalue weighted by atomic mass is 16.5. The predicted octanol–water partition coefficient (Wildman–Crippen LogP) is -0.427. The number of rotatable bonds is 8. The normalized spacial score (nSPS) is 16.6. The van der Waals surface area contributed by atoms with E-state index in [0.717, 1.165) is 12.8 Å². The summed E-state index contributed by atoms with van der Waals surface area (Å²) in [6, 6.07) is -1.98. The van der Waals surface area contributed by atoms with Crippen molar-refractivity contribution in [3.05, 3.63) is 0 Å². The Labute approximate surface area is 117 Å². The first-order valence-electron chi connectivity index (χ1n) is 6.66. The van der Waals surface area contributed by atoms with Gasteiger partial charge in [0.05, 0.1) is 19.1 Å². The Balaban J connectivity index is 2.17. The Morgan fingerprint density at radius 3 is 2.50 bits per heavy atom. The van der Waals surface area contributed by atoms with Crippen molar-refractivity contribution in [3.63, 3.8) is 0 Å². The molecule has 1 aliphatic carbocycles.